The standard InChI is InChI=1S/C23H20F6N2O3/c1-13(30-14(2)32)7-16-11-31(20-6-4-3-5-19(16)20)21(33)34-12-15-8-17(22(24,25)26)10-18(9-15)23(27,28)29/h3-6,8-11,13H,7,12H2,1-2H3,(H,30,32)/t13-/m1/s1. The Morgan fingerprint density at radius 3 is 2.15 bits per heavy atom. The van der Waals surface area contributed by atoms with Crippen molar-refractivity contribution in [3.05, 3.63) is 70.9 Å². The number of carbonyl (C=O) groups is 2. The molecule has 5 nitrogen and oxygen atoms in total. The number of hydrogen-bond acceptors (Lipinski definition) is 3. The van der Waals surface area contributed by atoms with Crippen molar-refractivity contribution in [1.29, 1.82) is 0 Å². The van der Waals surface area contributed by atoms with E-state index in [1.807, 2.05) is 0 Å². The highest BCUT2D eigenvalue weighted by Gasteiger charge is 2.37. The number of hydrogen-bond donors (Lipinski definition) is 1. The third-order valence-corrected chi connectivity index (χ3v) is 4.98. The Morgan fingerprint density at radius 2 is 1.59 bits per heavy atom. The Labute approximate surface area is 190 Å². The maximum atomic E-state index is 13.1. The molecular formula is C23H20F6N2O3. The van der Waals surface area contributed by atoms with E-state index in [1.54, 1.807) is 31.2 Å². The lowest BCUT2D eigenvalue weighted by Crippen LogP contribution is -2.31. The molecule has 1 amide bonds. The van der Waals surface area contributed by atoms with Gasteiger partial charge in [0.1, 0.15) is 6.61 Å². The first-order valence-electron chi connectivity index (χ1n) is 10.1. The van der Waals surface area contributed by atoms with Gasteiger partial charge in [-0.3, -0.25) is 9.36 Å². The van der Waals surface area contributed by atoms with Gasteiger partial charge in [0.25, 0.3) is 0 Å². The maximum absolute atomic E-state index is 13.1. The van der Waals surface area contributed by atoms with E-state index in [2.05, 4.69) is 5.32 Å². The summed E-state index contributed by atoms with van der Waals surface area (Å²) in [5, 5.41) is 3.42. The van der Waals surface area contributed by atoms with Crippen molar-refractivity contribution >= 4 is 22.9 Å². The lowest BCUT2D eigenvalue weighted by Gasteiger charge is -2.14. The van der Waals surface area contributed by atoms with Gasteiger partial charge in [0, 0.05) is 24.5 Å². The second-order valence-electron chi connectivity index (χ2n) is 7.82. The fourth-order valence-electron chi connectivity index (χ4n) is 3.61. The smallest absolute Gasteiger partial charge is 0.418 e. The van der Waals surface area contributed by atoms with Crippen LogP contribution in [0.15, 0.2) is 48.7 Å². The van der Waals surface area contributed by atoms with Crippen LogP contribution in [-0.2, 0) is 34.9 Å². The first-order chi connectivity index (χ1) is 15.8. The number of nitrogens with one attached hydrogen (secondary N) is 1. The van der Waals surface area contributed by atoms with Crippen LogP contribution in [0.4, 0.5) is 31.1 Å². The Kier molecular flexibility index (Phi) is 6.94. The van der Waals surface area contributed by atoms with E-state index in [1.165, 1.54) is 13.1 Å². The normalized spacial score (nSPS) is 13.1. The number of aromatic nitrogens is 1. The SMILES string of the molecule is CC(=O)N[C@H](C)Cc1cn(C(=O)OCc2cc(C(F)(F)F)cc(C(F)(F)F)c2)c2ccccc12. The average molecular weight is 486 g/mol. The Bertz CT molecular complexity index is 1180. The highest BCUT2D eigenvalue weighted by atomic mass is 19.4. The van der Waals surface area contributed by atoms with Crippen molar-refractivity contribution < 1.29 is 40.7 Å². The molecule has 0 spiro atoms. The number of ether oxygens (including phenoxy) is 1. The van der Waals surface area contributed by atoms with Crippen molar-refractivity contribution in [2.45, 2.75) is 45.3 Å². The number of halogens is 6. The minimum Gasteiger partial charge on any atom is -0.444 e. The minimum absolute atomic E-state index is 0.00724. The molecule has 0 bridgehead atoms. The van der Waals surface area contributed by atoms with Crippen LogP contribution in [0.3, 0.4) is 0 Å². The summed E-state index contributed by atoms with van der Waals surface area (Å²) in [7, 11) is 0. The van der Waals surface area contributed by atoms with Crippen molar-refractivity contribution in [1.82, 2.24) is 9.88 Å². The molecule has 0 aliphatic heterocycles. The van der Waals surface area contributed by atoms with Crippen LogP contribution in [0.5, 0.6) is 0 Å². The van der Waals surface area contributed by atoms with Gasteiger partial charge in [-0.2, -0.15) is 26.3 Å². The number of para-hydroxylation sites is 1. The molecule has 1 atom stereocenters. The van der Waals surface area contributed by atoms with E-state index in [0.29, 0.717) is 35.0 Å². The van der Waals surface area contributed by atoms with Crippen LogP contribution in [0.25, 0.3) is 10.9 Å². The van der Waals surface area contributed by atoms with Crippen LogP contribution in [0.1, 0.15) is 36.1 Å². The summed E-state index contributed by atoms with van der Waals surface area (Å²) in [6.45, 7) is 2.35. The number of nitrogens with zero attached hydrogens (tertiary/aromatic N) is 1. The third kappa shape index (κ3) is 5.89. The topological polar surface area (TPSA) is 60.3 Å². The summed E-state index contributed by atoms with van der Waals surface area (Å²) in [5.41, 5.74) is -2.29. The monoisotopic (exact) mass is 486 g/mol. The third-order valence-electron chi connectivity index (χ3n) is 4.98. The predicted molar refractivity (Wildman–Crippen MR) is 111 cm³/mol. The van der Waals surface area contributed by atoms with Gasteiger partial charge >= 0.3 is 18.4 Å². The van der Waals surface area contributed by atoms with Crippen LogP contribution in [0, 0.1) is 0 Å². The van der Waals surface area contributed by atoms with Gasteiger partial charge in [0.2, 0.25) is 5.91 Å². The summed E-state index contributed by atoms with van der Waals surface area (Å²) in [6, 6.07) is 7.55. The number of fused-ring (bicyclic) bond motifs is 1. The zero-order valence-electron chi connectivity index (χ0n) is 18.1. The molecule has 0 aliphatic carbocycles. The fraction of sp³-hybridized carbons (Fsp3) is 0.304. The second kappa shape index (κ2) is 9.40. The molecule has 2 aromatic carbocycles. The van der Waals surface area contributed by atoms with Crippen LogP contribution in [0.2, 0.25) is 0 Å². The molecule has 182 valence electrons. The first kappa shape index (κ1) is 25.1. The maximum Gasteiger partial charge on any atom is 0.418 e. The molecule has 11 heteroatoms. The lowest BCUT2D eigenvalue weighted by molar-refractivity contribution is -0.143. The molecule has 0 saturated carbocycles. The van der Waals surface area contributed by atoms with Gasteiger partial charge in [-0.05, 0) is 48.7 Å². The van der Waals surface area contributed by atoms with Gasteiger partial charge in [0.15, 0.2) is 0 Å². The molecule has 34 heavy (non-hydrogen) atoms. The molecule has 0 radical (unpaired) electrons. The molecule has 1 N–H and O–H groups in total. The second-order valence-corrected chi connectivity index (χ2v) is 7.82. The fourth-order valence-corrected chi connectivity index (χ4v) is 3.61. The lowest BCUT2D eigenvalue weighted by atomic mass is 10.1. The van der Waals surface area contributed by atoms with Gasteiger partial charge in [-0.15, -0.1) is 0 Å². The van der Waals surface area contributed by atoms with E-state index in [-0.39, 0.29) is 18.0 Å². The molecular weight excluding hydrogens is 466 g/mol. The Balaban J connectivity index is 1.87. The van der Waals surface area contributed by atoms with Crippen LogP contribution in [-0.4, -0.2) is 22.6 Å². The molecule has 3 aromatic rings. The summed E-state index contributed by atoms with van der Waals surface area (Å²) in [4.78, 5) is 24.0. The van der Waals surface area contributed by atoms with Gasteiger partial charge in [-0.1, -0.05) is 18.2 Å². The van der Waals surface area contributed by atoms with Gasteiger partial charge in [0.05, 0.1) is 16.6 Å². The molecule has 0 saturated heterocycles. The summed E-state index contributed by atoms with van der Waals surface area (Å²) in [6.07, 6.45) is -9.13. The van der Waals surface area contributed by atoms with Crippen LogP contribution < -0.4 is 5.32 Å². The zero-order chi connectivity index (χ0) is 25.3. The molecule has 3 rings (SSSR count). The van der Waals surface area contributed by atoms with Crippen molar-refractivity contribution in [3.8, 4) is 0 Å². The van der Waals surface area contributed by atoms with Crippen molar-refractivity contribution in [3.63, 3.8) is 0 Å². The highest BCUT2D eigenvalue weighted by molar-refractivity contribution is 5.92. The summed E-state index contributed by atoms with van der Waals surface area (Å²) < 4.78 is 84.5. The van der Waals surface area contributed by atoms with E-state index in [9.17, 15) is 35.9 Å². The highest BCUT2D eigenvalue weighted by Crippen LogP contribution is 2.36. The average Bonchev–Trinajstić information content (AvgIpc) is 3.08. The first-order valence-corrected chi connectivity index (χ1v) is 10.1. The Hall–Kier alpha value is -3.50. The van der Waals surface area contributed by atoms with Crippen LogP contribution >= 0.6 is 0 Å². The predicted octanol–water partition coefficient (Wildman–Crippen LogP) is 5.93. The molecule has 1 heterocycles. The number of benzene rings is 2. The van der Waals surface area contributed by atoms with E-state index in [4.69, 9.17) is 4.74 Å². The number of rotatable bonds is 5. The zero-order valence-corrected chi connectivity index (χ0v) is 18.1. The number of carbonyl (C=O) groups excluding carboxylic acids is 2. The van der Waals surface area contributed by atoms with E-state index in [0.717, 1.165) is 4.57 Å². The van der Waals surface area contributed by atoms with Gasteiger partial charge in [-0.25, -0.2) is 4.79 Å². The molecule has 0 aliphatic rings. The molecule has 0 fully saturated rings. The van der Waals surface area contributed by atoms with E-state index >= 15 is 0 Å². The number of amides is 1. The molecule has 0 unspecified atom stereocenters. The van der Waals surface area contributed by atoms with Crippen molar-refractivity contribution in [2.24, 2.45) is 0 Å². The Morgan fingerprint density at radius 1 is 1.00 bits per heavy atom. The summed E-state index contributed by atoms with van der Waals surface area (Å²) in [5.74, 6) is -0.227. The van der Waals surface area contributed by atoms with Gasteiger partial charge < -0.3 is 10.1 Å². The quantitative estimate of drug-likeness (QED) is 0.455. The largest absolute Gasteiger partial charge is 0.444 e. The minimum atomic E-state index is -5.00. The molecule has 1 aromatic heterocycles. The van der Waals surface area contributed by atoms with E-state index < -0.39 is 41.7 Å². The number of alkyl halides is 6. The summed E-state index contributed by atoms with van der Waals surface area (Å²) >= 11 is 0. The van der Waals surface area contributed by atoms with Crippen molar-refractivity contribution in [2.75, 3.05) is 0 Å².